The van der Waals surface area contributed by atoms with Crippen LogP contribution in [0.2, 0.25) is 0 Å². The molecule has 3 heteroatoms. The van der Waals surface area contributed by atoms with Crippen molar-refractivity contribution in [3.8, 4) is 35.5 Å². The van der Waals surface area contributed by atoms with Gasteiger partial charge in [-0.3, -0.25) is 0 Å². The molecule has 0 saturated carbocycles. The summed E-state index contributed by atoms with van der Waals surface area (Å²) in [5.41, 5.74) is 39.6. The molecule has 0 bridgehead atoms. The van der Waals surface area contributed by atoms with Crippen molar-refractivity contribution >= 4 is 50.8 Å². The molecule has 0 aromatic heterocycles. The lowest BCUT2D eigenvalue weighted by molar-refractivity contribution is 0.590. The van der Waals surface area contributed by atoms with Crippen molar-refractivity contribution in [2.24, 2.45) is 0 Å². The van der Waals surface area contributed by atoms with E-state index in [1.807, 2.05) is 0 Å². The quantitative estimate of drug-likeness (QED) is 0.0825. The highest BCUT2D eigenvalue weighted by Crippen LogP contribution is 2.54. The fourth-order valence-electron chi connectivity index (χ4n) is 12.7. The zero-order chi connectivity index (χ0) is 70.1. The molecule has 7 aromatic rings. The van der Waals surface area contributed by atoms with Crippen molar-refractivity contribution < 1.29 is 0 Å². The number of nitrogens with zero attached hydrogens (tertiary/aromatic N) is 3. The van der Waals surface area contributed by atoms with Gasteiger partial charge in [0, 0.05) is 107 Å². The molecule has 99 heavy (non-hydrogen) atoms. The molecule has 0 fully saturated rings. The van der Waals surface area contributed by atoms with Gasteiger partial charge in [-0.15, -0.1) is 34.1 Å². The molecule has 0 radical (unpaired) electrons. The van der Waals surface area contributed by atoms with Gasteiger partial charge < -0.3 is 16.0 Å². The lowest BCUT2D eigenvalue weighted by Gasteiger charge is -2.37. The van der Waals surface area contributed by atoms with Crippen molar-refractivity contribution in [1.29, 1.82) is 0 Å². The van der Waals surface area contributed by atoms with E-state index in [-0.39, 0.29) is 32.5 Å². The van der Waals surface area contributed by atoms with Gasteiger partial charge in [0.25, 0.3) is 0 Å². The number of allylic oxidation sites excluding steroid dienone is 15. The molecule has 3 nitrogen and oxygen atoms in total. The van der Waals surface area contributed by atoms with Crippen LogP contribution in [0.25, 0.3) is 32.7 Å². The van der Waals surface area contributed by atoms with Crippen molar-refractivity contribution in [1.82, 2.24) is 0 Å². The standard InChI is InChI=1S/C96H87N3/c1-91(2,3)70-37-43-76-82(77-44-38-71(92(4,5)6)56-86(77)97-85(76)55-70)52-64-28-19-61(20-29-64)25-34-67-49-68(35-26-62-21-30-65(31-22-62)53-83-78-45-39-72(93(7,8)9)57-87(78)98-88-58-73(94(10,11)12)40-46-79(83)88)51-69(50-67)36-27-63-23-32-66(33-24-63)54-84-80-47-41-74(95(13,14)15)59-89(80)99-90-60-75(96(16,17)18)42-48-81(84)90/h19-24,28-33,37-51,55-60H,1-18H3. The third-order valence-corrected chi connectivity index (χ3v) is 19.0. The molecule has 0 spiro atoms. The Kier molecular flexibility index (Phi) is 17.1. The number of hydrogen-bond acceptors (Lipinski definition) is 0. The highest BCUT2D eigenvalue weighted by atomic mass is 14.9. The SMILES string of the molecule is CC(C)(C)c1ccc2c(c1)[N-]c1cc(C(C)(C)C)ccc1C2=C=C1C=C[C+](C#Cc2cc(C#C[C+]3C=CC(=C=C4c5ccc(C(C)(C)C)cc5[N-]c5cc(C(C)(C)C)ccc54)C=C3)cc(C#C[C+]3C=CC(=C=C4c5ccc(C(C)(C)C)cc5[N-]c5cc(C(C)(C)C)ccc54)C=C3)c2)C=C1. The summed E-state index contributed by atoms with van der Waals surface area (Å²) in [6, 6.07) is 46.4. The maximum atomic E-state index is 5.27. The highest BCUT2D eigenvalue weighted by molar-refractivity contribution is 6.02. The molecule has 486 valence electrons. The van der Waals surface area contributed by atoms with Gasteiger partial charge in [-0.25, -0.2) is 0 Å². The van der Waals surface area contributed by atoms with Crippen LogP contribution in [0.15, 0.2) is 234 Å². The van der Waals surface area contributed by atoms with Crippen LogP contribution in [0.1, 0.15) is 208 Å². The summed E-state index contributed by atoms with van der Waals surface area (Å²) < 4.78 is 0. The Bertz CT molecular complexity index is 4400. The van der Waals surface area contributed by atoms with Gasteiger partial charge in [0.2, 0.25) is 0 Å². The summed E-state index contributed by atoms with van der Waals surface area (Å²) in [5.74, 6) is 23.6. The Balaban J connectivity index is 0.825. The van der Waals surface area contributed by atoms with Crippen LogP contribution in [0, 0.1) is 53.3 Å². The number of benzene rings is 7. The molecule has 3 aliphatic heterocycles. The largest absolute Gasteiger partial charge is 0.657 e. The van der Waals surface area contributed by atoms with E-state index in [0.29, 0.717) is 0 Å². The van der Waals surface area contributed by atoms with Crippen LogP contribution >= 0.6 is 0 Å². The molecule has 6 aliphatic rings. The number of hydrogen-bond donors (Lipinski definition) is 0. The molecule has 13 rings (SSSR count). The minimum Gasteiger partial charge on any atom is -0.657 e. The van der Waals surface area contributed by atoms with Gasteiger partial charge in [-0.05, 0) is 117 Å². The fourth-order valence-corrected chi connectivity index (χ4v) is 12.7. The lowest BCUT2D eigenvalue weighted by atomic mass is 9.81. The first-order chi connectivity index (χ1) is 46.7. The first kappa shape index (κ1) is 66.8. The second-order valence-electron chi connectivity index (χ2n) is 33.0. The smallest absolute Gasteiger partial charge is 0.114 e. The lowest BCUT2D eigenvalue weighted by Crippen LogP contribution is -2.12. The zero-order valence-corrected chi connectivity index (χ0v) is 60.9. The van der Waals surface area contributed by atoms with Crippen LogP contribution in [-0.4, -0.2) is 0 Å². The van der Waals surface area contributed by atoms with E-state index in [1.165, 1.54) is 33.4 Å². The molecule has 0 saturated heterocycles. The maximum Gasteiger partial charge on any atom is 0.114 e. The Morgan fingerprint density at radius 1 is 0.242 bits per heavy atom. The van der Waals surface area contributed by atoms with Crippen LogP contribution in [0.4, 0.5) is 34.1 Å². The molecule has 0 unspecified atom stereocenters. The summed E-state index contributed by atoms with van der Waals surface area (Å²) in [5, 5.41) is 15.8. The van der Waals surface area contributed by atoms with Gasteiger partial charge in [0.1, 0.15) is 17.8 Å². The van der Waals surface area contributed by atoms with E-state index >= 15 is 0 Å². The minimum atomic E-state index is -0.0152. The van der Waals surface area contributed by atoms with E-state index in [1.54, 1.807) is 0 Å². The van der Waals surface area contributed by atoms with Crippen LogP contribution < -0.4 is 0 Å². The zero-order valence-electron chi connectivity index (χ0n) is 60.9. The molecule has 3 heterocycles. The maximum absolute atomic E-state index is 5.27. The van der Waals surface area contributed by atoms with Gasteiger partial charge in [-0.2, -0.15) is 0 Å². The van der Waals surface area contributed by atoms with Gasteiger partial charge in [0.05, 0.1) is 51.2 Å². The summed E-state index contributed by atoms with van der Waals surface area (Å²) in [7, 11) is 0. The summed E-state index contributed by atoms with van der Waals surface area (Å²) in [6.45, 7) is 40.5. The van der Waals surface area contributed by atoms with Crippen molar-refractivity contribution in [2.45, 2.75) is 157 Å². The van der Waals surface area contributed by atoms with Crippen LogP contribution in [-0.2, 0) is 32.5 Å². The summed E-state index contributed by atoms with van der Waals surface area (Å²) in [6.07, 6.45) is 25.1. The first-order valence-electron chi connectivity index (χ1n) is 34.7. The van der Waals surface area contributed by atoms with Crippen molar-refractivity contribution in [3.05, 3.63) is 351 Å². The molecule has 0 atom stereocenters. The number of rotatable bonds is 0. The number of fused-ring (bicyclic) bond motifs is 6. The third-order valence-electron chi connectivity index (χ3n) is 19.0. The second kappa shape index (κ2) is 25.3. The normalized spacial score (nSPS) is 15.0. The fraction of sp³-hybridized carbons (Fsp3) is 0.250. The molecule has 7 aromatic carbocycles. The summed E-state index contributed by atoms with van der Waals surface area (Å²) >= 11 is 0. The molecular weight excluding hydrogens is 1200 g/mol. The molecule has 0 N–H and O–H groups in total. The Hall–Kier alpha value is -10.8. The monoisotopic (exact) mass is 1280 g/mol. The predicted octanol–water partition coefficient (Wildman–Crippen LogP) is 25.6. The van der Waals surface area contributed by atoms with Crippen molar-refractivity contribution in [2.75, 3.05) is 0 Å². The predicted molar refractivity (Wildman–Crippen MR) is 419 cm³/mol. The first-order valence-corrected chi connectivity index (χ1v) is 34.7. The van der Waals surface area contributed by atoms with Gasteiger partial charge in [0.15, 0.2) is 0 Å². The Morgan fingerprint density at radius 3 is 0.596 bits per heavy atom. The van der Waals surface area contributed by atoms with E-state index in [2.05, 4.69) is 378 Å². The summed E-state index contributed by atoms with van der Waals surface area (Å²) in [4.78, 5) is 0. The van der Waals surface area contributed by atoms with E-state index in [9.17, 15) is 0 Å². The van der Waals surface area contributed by atoms with E-state index in [4.69, 9.17) is 16.0 Å². The highest BCUT2D eigenvalue weighted by Gasteiger charge is 2.26. The van der Waals surface area contributed by atoms with Gasteiger partial charge in [-0.1, -0.05) is 251 Å². The molecule has 0 amide bonds. The topological polar surface area (TPSA) is 42.3 Å². The Labute approximate surface area is 591 Å². The average molecular weight is 1280 g/mol. The van der Waals surface area contributed by atoms with E-state index < -0.39 is 0 Å². The Morgan fingerprint density at radius 2 is 0.424 bits per heavy atom. The van der Waals surface area contributed by atoms with Gasteiger partial charge >= 0.3 is 0 Å². The van der Waals surface area contributed by atoms with Crippen molar-refractivity contribution in [3.63, 3.8) is 0 Å². The third kappa shape index (κ3) is 14.6. The minimum absolute atomic E-state index is 0.0152. The van der Waals surface area contributed by atoms with E-state index in [0.717, 1.165) is 135 Å². The molecular formula is C96H87N3. The average Bonchev–Trinajstić information content (AvgIpc) is 0.767. The van der Waals surface area contributed by atoms with Crippen LogP contribution in [0.3, 0.4) is 0 Å². The molecule has 3 aliphatic carbocycles. The second-order valence-corrected chi connectivity index (χ2v) is 33.0. The van der Waals surface area contributed by atoms with Crippen LogP contribution in [0.5, 0.6) is 0 Å².